The summed E-state index contributed by atoms with van der Waals surface area (Å²) < 4.78 is 0. The molecule has 3 atom stereocenters. The molecule has 0 heterocycles. The normalized spacial score (nSPS) is 45.0. The van der Waals surface area contributed by atoms with Crippen LogP contribution in [0.4, 0.5) is 0 Å². The van der Waals surface area contributed by atoms with Crippen LogP contribution in [0.25, 0.3) is 0 Å². The number of alkyl halides is 1. The lowest BCUT2D eigenvalue weighted by atomic mass is 9.45. The molecular formula is C12H23ClSi. The third-order valence-corrected chi connectivity index (χ3v) is 9.50. The van der Waals surface area contributed by atoms with Gasteiger partial charge in [-0.05, 0) is 41.6 Å². The minimum atomic E-state index is -0.586. The molecule has 3 saturated carbocycles. The monoisotopic (exact) mass is 230 g/mol. The van der Waals surface area contributed by atoms with Crippen LogP contribution in [0, 0.1) is 17.3 Å². The quantitative estimate of drug-likeness (QED) is 0.499. The first kappa shape index (κ1) is 11.0. The fraction of sp³-hybridized carbons (Fsp3) is 1.00. The molecule has 3 unspecified atom stereocenters. The van der Waals surface area contributed by atoms with Gasteiger partial charge in [-0.3, -0.25) is 0 Å². The Morgan fingerprint density at radius 3 is 2.29 bits per heavy atom. The molecule has 3 aliphatic carbocycles. The predicted octanol–water partition coefficient (Wildman–Crippen LogP) is 3.91. The standard InChI is InChI=1S/C12H23ClSi/c1-11(2)9-5-6-10(8-13)12(11,7-9)14(3)4/h9-10,14H,5-8H2,1-4H3. The van der Waals surface area contributed by atoms with Gasteiger partial charge >= 0.3 is 0 Å². The lowest BCUT2D eigenvalue weighted by Crippen LogP contribution is -2.62. The van der Waals surface area contributed by atoms with E-state index in [0.717, 1.165) is 17.7 Å². The van der Waals surface area contributed by atoms with E-state index in [9.17, 15) is 0 Å². The molecule has 3 rings (SSSR count). The van der Waals surface area contributed by atoms with Crippen LogP contribution in [0.5, 0.6) is 0 Å². The molecule has 0 aliphatic heterocycles. The Hall–Kier alpha value is 0.507. The second kappa shape index (κ2) is 3.25. The lowest BCUT2D eigenvalue weighted by molar-refractivity contribution is -0.0852. The van der Waals surface area contributed by atoms with Gasteiger partial charge in [0, 0.05) is 14.7 Å². The Labute approximate surface area is 95.0 Å². The Bertz CT molecular complexity index is 236. The summed E-state index contributed by atoms with van der Waals surface area (Å²) in [5, 5.41) is 0.692. The Kier molecular flexibility index (Phi) is 2.55. The van der Waals surface area contributed by atoms with Crippen LogP contribution in [-0.2, 0) is 0 Å². The zero-order chi connectivity index (χ0) is 10.6. The number of rotatable bonds is 2. The van der Waals surface area contributed by atoms with Crippen LogP contribution in [-0.4, -0.2) is 14.7 Å². The highest BCUT2D eigenvalue weighted by Crippen LogP contribution is 2.76. The first-order chi connectivity index (χ1) is 6.46. The number of hydrogen-bond donors (Lipinski definition) is 0. The first-order valence-corrected chi connectivity index (χ1v) is 9.45. The van der Waals surface area contributed by atoms with Crippen molar-refractivity contribution in [3.8, 4) is 0 Å². The van der Waals surface area contributed by atoms with Gasteiger partial charge < -0.3 is 0 Å². The molecule has 0 amide bonds. The Morgan fingerprint density at radius 1 is 1.29 bits per heavy atom. The molecule has 0 N–H and O–H groups in total. The summed E-state index contributed by atoms with van der Waals surface area (Å²) in [6.07, 6.45) is 4.34. The molecule has 0 aromatic carbocycles. The second-order valence-corrected chi connectivity index (χ2v) is 9.89. The van der Waals surface area contributed by atoms with E-state index >= 15 is 0 Å². The highest BCUT2D eigenvalue weighted by atomic mass is 35.5. The molecule has 3 fully saturated rings. The Balaban J connectivity index is 2.33. The molecule has 14 heavy (non-hydrogen) atoms. The fourth-order valence-electron chi connectivity index (χ4n) is 4.66. The third-order valence-electron chi connectivity index (χ3n) is 5.61. The molecule has 0 aromatic heterocycles. The van der Waals surface area contributed by atoms with E-state index in [1.54, 1.807) is 0 Å². The van der Waals surface area contributed by atoms with Crippen LogP contribution in [0.15, 0.2) is 0 Å². The van der Waals surface area contributed by atoms with Gasteiger partial charge in [0.25, 0.3) is 0 Å². The van der Waals surface area contributed by atoms with Gasteiger partial charge in [-0.25, -0.2) is 0 Å². The minimum Gasteiger partial charge on any atom is -0.126 e. The Morgan fingerprint density at radius 2 is 1.93 bits per heavy atom. The van der Waals surface area contributed by atoms with E-state index < -0.39 is 8.80 Å². The first-order valence-electron chi connectivity index (χ1n) is 6.02. The molecular weight excluding hydrogens is 208 g/mol. The van der Waals surface area contributed by atoms with E-state index in [1.165, 1.54) is 19.3 Å². The van der Waals surface area contributed by atoms with Crippen molar-refractivity contribution in [3.05, 3.63) is 0 Å². The molecule has 0 aromatic rings. The number of halogens is 1. The van der Waals surface area contributed by atoms with Crippen LogP contribution in [0.3, 0.4) is 0 Å². The van der Waals surface area contributed by atoms with Crippen LogP contribution in [0.1, 0.15) is 33.1 Å². The summed E-state index contributed by atoms with van der Waals surface area (Å²) in [5.74, 6) is 2.74. The second-order valence-electron chi connectivity index (χ2n) is 6.25. The molecule has 3 aliphatic rings. The highest BCUT2D eigenvalue weighted by Gasteiger charge is 2.66. The van der Waals surface area contributed by atoms with Crippen LogP contribution >= 0.6 is 11.6 Å². The number of hydrogen-bond acceptors (Lipinski definition) is 0. The highest BCUT2D eigenvalue weighted by molar-refractivity contribution is 6.60. The maximum atomic E-state index is 6.18. The minimum absolute atomic E-state index is 0.586. The molecule has 2 bridgehead atoms. The third kappa shape index (κ3) is 1.06. The summed E-state index contributed by atoms with van der Waals surface area (Å²) in [7, 11) is -0.586. The summed E-state index contributed by atoms with van der Waals surface area (Å²) >= 11 is 6.18. The van der Waals surface area contributed by atoms with Gasteiger partial charge in [-0.15, -0.1) is 11.6 Å². The van der Waals surface area contributed by atoms with Crippen LogP contribution < -0.4 is 0 Å². The largest absolute Gasteiger partial charge is 0.126 e. The van der Waals surface area contributed by atoms with E-state index in [0.29, 0.717) is 10.5 Å². The SMILES string of the molecule is C[SiH](C)C12CC(CCC1CCl)C2(C)C. The van der Waals surface area contributed by atoms with Crippen molar-refractivity contribution in [2.75, 3.05) is 5.88 Å². The van der Waals surface area contributed by atoms with E-state index in [-0.39, 0.29) is 0 Å². The predicted molar refractivity (Wildman–Crippen MR) is 66.9 cm³/mol. The van der Waals surface area contributed by atoms with Gasteiger partial charge in [0.15, 0.2) is 0 Å². The smallest absolute Gasteiger partial charge is 0.0383 e. The molecule has 82 valence electrons. The number of fused-ring (bicyclic) bond motifs is 2. The molecule has 2 heteroatoms. The summed E-state index contributed by atoms with van der Waals surface area (Å²) in [4.78, 5) is 0. The van der Waals surface area contributed by atoms with Crippen molar-refractivity contribution in [1.82, 2.24) is 0 Å². The van der Waals surface area contributed by atoms with E-state index in [2.05, 4.69) is 26.9 Å². The van der Waals surface area contributed by atoms with Crippen molar-refractivity contribution in [2.45, 2.75) is 51.2 Å². The van der Waals surface area contributed by atoms with Gasteiger partial charge in [0.1, 0.15) is 0 Å². The zero-order valence-electron chi connectivity index (χ0n) is 9.94. The van der Waals surface area contributed by atoms with Crippen molar-refractivity contribution < 1.29 is 0 Å². The average molecular weight is 231 g/mol. The van der Waals surface area contributed by atoms with Crippen molar-refractivity contribution in [3.63, 3.8) is 0 Å². The van der Waals surface area contributed by atoms with Crippen molar-refractivity contribution in [1.29, 1.82) is 0 Å². The van der Waals surface area contributed by atoms with E-state index in [1.807, 2.05) is 0 Å². The molecule has 0 radical (unpaired) electrons. The van der Waals surface area contributed by atoms with Crippen molar-refractivity contribution >= 4 is 20.4 Å². The van der Waals surface area contributed by atoms with E-state index in [4.69, 9.17) is 11.6 Å². The molecule has 0 nitrogen and oxygen atoms in total. The van der Waals surface area contributed by atoms with Gasteiger partial charge in [0.2, 0.25) is 0 Å². The molecule has 0 saturated heterocycles. The lowest BCUT2D eigenvalue weighted by Gasteiger charge is -2.71. The van der Waals surface area contributed by atoms with Gasteiger partial charge in [-0.1, -0.05) is 26.9 Å². The summed E-state index contributed by atoms with van der Waals surface area (Å²) in [6, 6.07) is 0. The summed E-state index contributed by atoms with van der Waals surface area (Å²) in [5.41, 5.74) is 0.602. The van der Waals surface area contributed by atoms with Crippen molar-refractivity contribution in [2.24, 2.45) is 17.3 Å². The maximum Gasteiger partial charge on any atom is 0.0383 e. The maximum absolute atomic E-state index is 6.18. The summed E-state index contributed by atoms with van der Waals surface area (Å²) in [6.45, 7) is 10.1. The zero-order valence-corrected chi connectivity index (χ0v) is 11.8. The van der Waals surface area contributed by atoms with Crippen LogP contribution in [0.2, 0.25) is 18.1 Å². The fourth-order valence-corrected chi connectivity index (χ4v) is 8.94. The molecule has 0 spiro atoms. The van der Waals surface area contributed by atoms with Gasteiger partial charge in [0.05, 0.1) is 0 Å². The topological polar surface area (TPSA) is 0 Å². The average Bonchev–Trinajstić information content (AvgIpc) is 2.16. The van der Waals surface area contributed by atoms with Gasteiger partial charge in [-0.2, -0.15) is 0 Å².